The van der Waals surface area contributed by atoms with Gasteiger partial charge in [0, 0.05) is 31.2 Å². The molecule has 0 aromatic carbocycles. The van der Waals surface area contributed by atoms with Crippen LogP contribution >= 0.6 is 0 Å². The quantitative estimate of drug-likeness (QED) is 0.818. The second-order valence-electron chi connectivity index (χ2n) is 8.70. The third-order valence-corrected chi connectivity index (χ3v) is 6.28. The Hall–Kier alpha value is -2.46. The maximum Gasteiger partial charge on any atom is 0.419 e. The third kappa shape index (κ3) is 2.78. The van der Waals surface area contributed by atoms with Crippen molar-refractivity contribution in [2.24, 2.45) is 11.3 Å². The Morgan fingerprint density at radius 2 is 1.93 bits per heavy atom. The van der Waals surface area contributed by atoms with Gasteiger partial charge in [0.1, 0.15) is 12.1 Å². The van der Waals surface area contributed by atoms with Crippen LogP contribution in [-0.4, -0.2) is 70.0 Å². The molecule has 8 nitrogen and oxygen atoms in total. The number of likely N-dealkylation sites (tertiary alicyclic amines) is 2. The van der Waals surface area contributed by atoms with E-state index in [-0.39, 0.29) is 17.4 Å². The number of nitrogens with zero attached hydrogens (tertiary/aromatic N) is 4. The first kappa shape index (κ1) is 17.6. The van der Waals surface area contributed by atoms with Crippen molar-refractivity contribution in [1.29, 1.82) is 0 Å². The topological polar surface area (TPSA) is 79.7 Å². The molecule has 11 heteroatoms. The number of ether oxygens (including phenoxy) is 1. The molecule has 4 aliphatic rings. The van der Waals surface area contributed by atoms with Crippen LogP contribution in [0.2, 0.25) is 0 Å². The maximum atomic E-state index is 12.6. The van der Waals surface area contributed by atoms with Gasteiger partial charge in [-0.25, -0.2) is 9.59 Å². The molecule has 1 aliphatic carbocycles. The largest absolute Gasteiger partial charge is 0.447 e. The van der Waals surface area contributed by atoms with E-state index in [1.165, 1.54) is 4.68 Å². The normalized spacial score (nSPS) is 25.2. The van der Waals surface area contributed by atoms with Gasteiger partial charge in [0.2, 0.25) is 0 Å². The lowest BCUT2D eigenvalue weighted by Crippen LogP contribution is -2.74. The fraction of sp³-hybridized carbons (Fsp3) is 0.706. The number of urea groups is 1. The molecule has 4 heterocycles. The van der Waals surface area contributed by atoms with Crippen molar-refractivity contribution in [2.75, 3.05) is 32.8 Å². The van der Waals surface area contributed by atoms with E-state index in [9.17, 15) is 22.8 Å². The minimum atomic E-state index is -4.36. The van der Waals surface area contributed by atoms with Crippen LogP contribution in [0.3, 0.4) is 0 Å². The number of alkyl halides is 3. The first-order valence-electron chi connectivity index (χ1n) is 9.24. The molecule has 1 aromatic rings. The summed E-state index contributed by atoms with van der Waals surface area (Å²) in [5.41, 5.74) is -1.04. The van der Waals surface area contributed by atoms with Crippen LogP contribution in [-0.2, 0) is 17.5 Å². The second kappa shape index (κ2) is 5.54. The number of alkyl carbamates (subject to hydrolysis) is 1. The third-order valence-electron chi connectivity index (χ3n) is 6.28. The molecule has 1 aromatic heterocycles. The van der Waals surface area contributed by atoms with Crippen molar-refractivity contribution in [1.82, 2.24) is 24.9 Å². The number of amides is 3. The van der Waals surface area contributed by atoms with Crippen molar-refractivity contribution in [3.63, 3.8) is 0 Å². The minimum absolute atomic E-state index is 0.0252. The number of carbonyl (C=O) groups excluding carboxylic acids is 2. The molecular formula is C17H20F3N5O3. The Bertz CT molecular complexity index is 818. The zero-order valence-corrected chi connectivity index (χ0v) is 15.0. The van der Waals surface area contributed by atoms with Gasteiger partial charge in [-0.2, -0.15) is 18.3 Å². The van der Waals surface area contributed by atoms with Crippen molar-refractivity contribution in [3.05, 3.63) is 18.0 Å². The van der Waals surface area contributed by atoms with Crippen molar-refractivity contribution in [2.45, 2.75) is 31.1 Å². The fourth-order valence-electron chi connectivity index (χ4n) is 5.01. The first-order valence-corrected chi connectivity index (χ1v) is 9.24. The molecule has 3 amide bonds. The number of hydrogen-bond acceptors (Lipinski definition) is 4. The molecule has 3 aliphatic heterocycles. The number of hydrogen-bond donors (Lipinski definition) is 1. The average Bonchev–Trinajstić information content (AvgIpc) is 3.12. The highest BCUT2D eigenvalue weighted by Gasteiger charge is 2.57. The lowest BCUT2D eigenvalue weighted by molar-refractivity contribution is -0.137. The van der Waals surface area contributed by atoms with Crippen LogP contribution in [0.25, 0.3) is 0 Å². The minimum Gasteiger partial charge on any atom is -0.447 e. The van der Waals surface area contributed by atoms with E-state index in [1.807, 2.05) is 0 Å². The van der Waals surface area contributed by atoms with Crippen molar-refractivity contribution in [3.8, 4) is 0 Å². The maximum absolute atomic E-state index is 12.6. The summed E-state index contributed by atoms with van der Waals surface area (Å²) in [7, 11) is 0. The standard InChI is InChI=1S/C17H20F3N5O3/c18-17(19,20)12-3-21-25(5-12)4-11-1-15(2-11)6-23(7-15)14(27)24-8-16(9-24)10-28-13(26)22-16/h3,5,11H,1-2,4,6-10H2,(H,22,26). The van der Waals surface area contributed by atoms with E-state index < -0.39 is 23.4 Å². The first-order chi connectivity index (χ1) is 13.2. The molecule has 2 spiro atoms. The number of aromatic nitrogens is 2. The van der Waals surface area contributed by atoms with Gasteiger partial charge in [0.05, 0.1) is 24.8 Å². The Labute approximate surface area is 158 Å². The lowest BCUT2D eigenvalue weighted by Gasteiger charge is -2.60. The molecule has 4 fully saturated rings. The predicted molar refractivity (Wildman–Crippen MR) is 88.1 cm³/mol. The average molecular weight is 399 g/mol. The van der Waals surface area contributed by atoms with Gasteiger partial charge in [-0.15, -0.1) is 0 Å². The lowest BCUT2D eigenvalue weighted by atomic mass is 9.58. The van der Waals surface area contributed by atoms with Gasteiger partial charge in [0.15, 0.2) is 0 Å². The summed E-state index contributed by atoms with van der Waals surface area (Å²) in [5, 5.41) is 6.56. The van der Waals surface area contributed by atoms with Crippen LogP contribution in [0.4, 0.5) is 22.8 Å². The van der Waals surface area contributed by atoms with Crippen LogP contribution < -0.4 is 5.32 Å². The molecule has 0 atom stereocenters. The Balaban J connectivity index is 1.07. The summed E-state index contributed by atoms with van der Waals surface area (Å²) in [4.78, 5) is 27.2. The highest BCUT2D eigenvalue weighted by atomic mass is 19.4. The summed E-state index contributed by atoms with van der Waals surface area (Å²) in [5.74, 6) is 0.288. The van der Waals surface area contributed by atoms with Gasteiger partial charge in [0.25, 0.3) is 0 Å². The zero-order valence-electron chi connectivity index (χ0n) is 15.0. The van der Waals surface area contributed by atoms with Crippen molar-refractivity contribution >= 4 is 12.1 Å². The van der Waals surface area contributed by atoms with Crippen LogP contribution in [0.15, 0.2) is 12.4 Å². The number of carbonyl (C=O) groups is 2. The summed E-state index contributed by atoms with van der Waals surface area (Å²) in [6.45, 7) is 3.06. The Kier molecular flexibility index (Phi) is 3.49. The van der Waals surface area contributed by atoms with Crippen LogP contribution in [0.1, 0.15) is 18.4 Å². The Morgan fingerprint density at radius 3 is 2.50 bits per heavy atom. The molecule has 152 valence electrons. The van der Waals surface area contributed by atoms with Gasteiger partial charge in [-0.05, 0) is 18.8 Å². The molecule has 0 unspecified atom stereocenters. The van der Waals surface area contributed by atoms with E-state index in [2.05, 4.69) is 10.4 Å². The monoisotopic (exact) mass is 399 g/mol. The molecule has 3 saturated heterocycles. The smallest absolute Gasteiger partial charge is 0.419 e. The SMILES string of the molecule is O=C1NC2(CO1)CN(C(=O)N1CC3(CC(Cn4cc(C(F)(F)F)cn4)C3)C1)C2. The summed E-state index contributed by atoms with van der Waals surface area (Å²) in [6.07, 6.45) is -1.10. The molecule has 0 bridgehead atoms. The number of nitrogens with one attached hydrogen (secondary N) is 1. The molecule has 0 radical (unpaired) electrons. The van der Waals surface area contributed by atoms with Gasteiger partial charge >= 0.3 is 18.3 Å². The number of halogens is 3. The van der Waals surface area contributed by atoms with E-state index in [0.717, 1.165) is 25.2 Å². The fourth-order valence-corrected chi connectivity index (χ4v) is 5.01. The van der Waals surface area contributed by atoms with Crippen LogP contribution in [0, 0.1) is 11.3 Å². The van der Waals surface area contributed by atoms with Gasteiger partial charge < -0.3 is 19.9 Å². The van der Waals surface area contributed by atoms with Crippen LogP contribution in [0.5, 0.6) is 0 Å². The van der Waals surface area contributed by atoms with E-state index in [0.29, 0.717) is 39.3 Å². The number of cyclic esters (lactones) is 1. The van der Waals surface area contributed by atoms with E-state index >= 15 is 0 Å². The Morgan fingerprint density at radius 1 is 1.25 bits per heavy atom. The molecular weight excluding hydrogens is 379 g/mol. The van der Waals surface area contributed by atoms with Crippen molar-refractivity contribution < 1.29 is 27.5 Å². The molecule has 1 N–H and O–H groups in total. The van der Waals surface area contributed by atoms with E-state index in [4.69, 9.17) is 4.74 Å². The number of rotatable bonds is 2. The second-order valence-corrected chi connectivity index (χ2v) is 8.70. The zero-order chi connectivity index (χ0) is 19.7. The highest BCUT2D eigenvalue weighted by Crippen LogP contribution is 2.52. The van der Waals surface area contributed by atoms with E-state index in [1.54, 1.807) is 9.80 Å². The highest BCUT2D eigenvalue weighted by molar-refractivity contribution is 5.78. The predicted octanol–water partition coefficient (Wildman–Crippen LogP) is 1.53. The summed E-state index contributed by atoms with van der Waals surface area (Å²) >= 11 is 0. The summed E-state index contributed by atoms with van der Waals surface area (Å²) in [6, 6.07) is -0.0252. The molecule has 1 saturated carbocycles. The van der Waals surface area contributed by atoms with Gasteiger partial charge in [-0.3, -0.25) is 4.68 Å². The molecule has 5 rings (SSSR count). The van der Waals surface area contributed by atoms with Gasteiger partial charge in [-0.1, -0.05) is 0 Å². The molecule has 28 heavy (non-hydrogen) atoms. The summed E-state index contributed by atoms with van der Waals surface area (Å²) < 4.78 is 44.2.